The third kappa shape index (κ3) is 25.0. The number of carbonyl (C=O) groups is 2. The summed E-state index contributed by atoms with van der Waals surface area (Å²) in [6.07, 6.45) is 31.9. The Bertz CT molecular complexity index is 1180. The Morgan fingerprint density at radius 3 is 2.29 bits per heavy atom. The Morgan fingerprint density at radius 2 is 1.56 bits per heavy atom. The summed E-state index contributed by atoms with van der Waals surface area (Å²) in [5, 5.41) is 23.9. The fourth-order valence-electron chi connectivity index (χ4n) is 5.63. The van der Waals surface area contributed by atoms with Gasteiger partial charge in [0.2, 0.25) is 5.91 Å². The maximum atomic E-state index is 12.9. The lowest BCUT2D eigenvalue weighted by molar-refractivity contribution is -0.870. The van der Waals surface area contributed by atoms with Crippen molar-refractivity contribution >= 4 is 19.5 Å². The number of phosphoric ester groups is 1. The second-order valence-corrected chi connectivity index (χ2v) is 16.3. The van der Waals surface area contributed by atoms with Crippen LogP contribution in [-0.2, 0) is 23.2 Å². The van der Waals surface area contributed by atoms with Gasteiger partial charge >= 0.3 is 0 Å². The van der Waals surface area contributed by atoms with Crippen LogP contribution in [0.2, 0.25) is 0 Å². The molecule has 52 heavy (non-hydrogen) atoms. The molecule has 10 nitrogen and oxygen atoms in total. The first-order chi connectivity index (χ1) is 24.8. The highest BCUT2D eigenvalue weighted by Gasteiger charge is 2.27. The van der Waals surface area contributed by atoms with Gasteiger partial charge in [-0.2, -0.15) is 0 Å². The van der Waals surface area contributed by atoms with E-state index in [1.165, 1.54) is 32.1 Å². The predicted molar refractivity (Wildman–Crippen MR) is 209 cm³/mol. The van der Waals surface area contributed by atoms with Gasteiger partial charge in [0.25, 0.3) is 7.82 Å². The first kappa shape index (κ1) is 47.9. The Balaban J connectivity index is 2.62. The molecule has 0 aromatic heterocycles. The van der Waals surface area contributed by atoms with Crippen LogP contribution in [0.15, 0.2) is 60.8 Å². The molecule has 1 amide bonds. The van der Waals surface area contributed by atoms with Crippen molar-refractivity contribution in [3.8, 4) is 0 Å². The van der Waals surface area contributed by atoms with Crippen LogP contribution in [0.3, 0.4) is 0 Å². The van der Waals surface area contributed by atoms with E-state index in [1.54, 1.807) is 18.2 Å². The molecule has 0 radical (unpaired) electrons. The van der Waals surface area contributed by atoms with Crippen LogP contribution in [0.25, 0.3) is 0 Å². The van der Waals surface area contributed by atoms with Gasteiger partial charge < -0.3 is 34.0 Å². The summed E-state index contributed by atoms with van der Waals surface area (Å²) >= 11 is 0. The number of allylic oxidation sites excluding steroid dienone is 8. The van der Waals surface area contributed by atoms with Gasteiger partial charge in [0, 0.05) is 12.3 Å². The molecule has 0 fully saturated rings. The number of rotatable bonds is 31. The third-order valence-corrected chi connectivity index (χ3v) is 9.91. The van der Waals surface area contributed by atoms with Gasteiger partial charge in [-0.05, 0) is 63.4 Å². The summed E-state index contributed by atoms with van der Waals surface area (Å²) < 4.78 is 23.0. The number of likely N-dealkylation sites (N-methyl/N-ethyl adjacent to an activating group) is 1. The molecule has 0 heterocycles. The van der Waals surface area contributed by atoms with E-state index in [9.17, 15) is 29.3 Å². The average Bonchev–Trinajstić information content (AvgIpc) is 3.43. The first-order valence-corrected chi connectivity index (χ1v) is 21.2. The summed E-state index contributed by atoms with van der Waals surface area (Å²) in [5.41, 5.74) is 0. The minimum Gasteiger partial charge on any atom is -0.756 e. The van der Waals surface area contributed by atoms with Crippen molar-refractivity contribution in [3.05, 3.63) is 60.8 Å². The smallest absolute Gasteiger partial charge is 0.268 e. The lowest BCUT2D eigenvalue weighted by atomic mass is 9.90. The van der Waals surface area contributed by atoms with Gasteiger partial charge in [0.05, 0.1) is 46.0 Å². The molecule has 3 N–H and O–H groups in total. The molecule has 0 aromatic rings. The number of ketones is 1. The highest BCUT2D eigenvalue weighted by Crippen LogP contribution is 2.38. The molecule has 0 saturated heterocycles. The number of quaternary nitrogens is 1. The number of nitrogens with one attached hydrogen (secondary N) is 1. The average molecular weight is 751 g/mol. The monoisotopic (exact) mass is 750 g/mol. The molecule has 0 saturated carbocycles. The van der Waals surface area contributed by atoms with Crippen molar-refractivity contribution in [1.29, 1.82) is 0 Å². The van der Waals surface area contributed by atoms with Crippen LogP contribution in [0.1, 0.15) is 117 Å². The lowest BCUT2D eigenvalue weighted by Gasteiger charge is -2.29. The number of nitrogens with zero attached hydrogens (tertiary/aromatic N) is 1. The van der Waals surface area contributed by atoms with E-state index in [2.05, 4.69) is 31.3 Å². The molecular weight excluding hydrogens is 679 g/mol. The van der Waals surface area contributed by atoms with E-state index in [0.717, 1.165) is 32.1 Å². The second kappa shape index (κ2) is 28.3. The molecular formula is C41H71N2O8P. The zero-order valence-corrected chi connectivity index (χ0v) is 33.7. The van der Waals surface area contributed by atoms with Crippen LogP contribution in [-0.4, -0.2) is 85.5 Å². The zero-order valence-electron chi connectivity index (χ0n) is 32.8. The number of amides is 1. The summed E-state index contributed by atoms with van der Waals surface area (Å²) in [7, 11) is 1.11. The van der Waals surface area contributed by atoms with E-state index in [1.807, 2.05) is 51.5 Å². The van der Waals surface area contributed by atoms with Gasteiger partial charge in [0.15, 0.2) is 5.78 Å². The molecule has 1 aliphatic carbocycles. The number of phosphoric acid groups is 1. The van der Waals surface area contributed by atoms with Gasteiger partial charge in [-0.15, -0.1) is 0 Å². The summed E-state index contributed by atoms with van der Waals surface area (Å²) in [5.74, 6) is -0.515. The number of aliphatic hydroxyl groups excluding tert-OH is 2. The second-order valence-electron chi connectivity index (χ2n) is 14.9. The van der Waals surface area contributed by atoms with Crippen molar-refractivity contribution in [3.63, 3.8) is 0 Å². The fraction of sp³-hybridized carbons (Fsp3) is 0.707. The Labute approximate surface area is 315 Å². The molecule has 6 atom stereocenters. The van der Waals surface area contributed by atoms with Crippen LogP contribution in [0.5, 0.6) is 0 Å². The van der Waals surface area contributed by atoms with Crippen LogP contribution < -0.4 is 10.2 Å². The molecule has 298 valence electrons. The predicted octanol–water partition coefficient (Wildman–Crippen LogP) is 7.28. The maximum absolute atomic E-state index is 12.9. The van der Waals surface area contributed by atoms with E-state index in [4.69, 9.17) is 9.05 Å². The van der Waals surface area contributed by atoms with Crippen LogP contribution in [0.4, 0.5) is 0 Å². The quantitative estimate of drug-likeness (QED) is 0.0290. The Kier molecular flexibility index (Phi) is 26.0. The summed E-state index contributed by atoms with van der Waals surface area (Å²) in [6.45, 7) is 4.28. The Hall–Kier alpha value is -2.17. The molecule has 1 aliphatic rings. The Morgan fingerprint density at radius 1 is 0.904 bits per heavy atom. The molecule has 1 unspecified atom stereocenters. The van der Waals surface area contributed by atoms with Crippen molar-refractivity contribution in [2.24, 2.45) is 11.8 Å². The van der Waals surface area contributed by atoms with Crippen molar-refractivity contribution in [1.82, 2.24) is 5.32 Å². The zero-order chi connectivity index (χ0) is 38.7. The van der Waals surface area contributed by atoms with Gasteiger partial charge in [0.1, 0.15) is 13.2 Å². The molecule has 0 bridgehead atoms. The molecule has 0 spiro atoms. The van der Waals surface area contributed by atoms with Gasteiger partial charge in [-0.25, -0.2) is 0 Å². The SMILES string of the molecule is CCCCCCC/C=C\CC/C=C/[C@@H](O)[C@H](COP(=O)([O-])OCC[N+](C)(C)C)NC(=O)CCC/C=C\C[C@H]1C=CC(=O)[C@@H]1/C=C/[C@@H](O)CCCCC. The minimum atomic E-state index is -4.65. The van der Waals surface area contributed by atoms with E-state index >= 15 is 0 Å². The van der Waals surface area contributed by atoms with Crippen LogP contribution >= 0.6 is 7.82 Å². The largest absolute Gasteiger partial charge is 0.756 e. The topological polar surface area (TPSA) is 145 Å². The highest BCUT2D eigenvalue weighted by molar-refractivity contribution is 7.45. The number of hydrogen-bond acceptors (Lipinski definition) is 8. The summed E-state index contributed by atoms with van der Waals surface area (Å²) in [6, 6.07) is -0.982. The lowest BCUT2D eigenvalue weighted by Crippen LogP contribution is -2.45. The fourth-order valence-corrected chi connectivity index (χ4v) is 6.35. The van der Waals surface area contributed by atoms with E-state index in [-0.39, 0.29) is 36.6 Å². The van der Waals surface area contributed by atoms with Crippen molar-refractivity contribution < 1.29 is 42.8 Å². The number of aliphatic hydroxyl groups is 2. The van der Waals surface area contributed by atoms with Crippen molar-refractivity contribution in [2.75, 3.05) is 40.9 Å². The standard InChI is InChI=1S/C41H71N2O8P/c1-6-8-10-11-12-13-14-15-16-17-22-26-40(46)38(34-51-52(48,49)50-33-32-43(3,4)5)42-41(47)27-23-19-18-21-24-35-28-31-39(45)37(35)30-29-36(44)25-20-9-7-2/h14-15,18,21-22,26,28-31,35-38,40,44,46H,6-13,16-17,19-20,23-25,27,32-34H2,1-5H3,(H-,42,47,48,49)/b15-14-,21-18-,26-22+,30-29+/t35-,36-,37+,38-,40+/m0/s1. The first-order valence-electron chi connectivity index (χ1n) is 19.7. The molecule has 0 aromatic carbocycles. The van der Waals surface area contributed by atoms with E-state index < -0.39 is 32.7 Å². The molecule has 1 rings (SSSR count). The normalized spacial score (nSPS) is 19.7. The molecule has 11 heteroatoms. The van der Waals surface area contributed by atoms with Crippen molar-refractivity contribution in [2.45, 2.75) is 135 Å². The number of carbonyl (C=O) groups excluding carboxylic acids is 2. The third-order valence-electron chi connectivity index (χ3n) is 8.95. The van der Waals surface area contributed by atoms with E-state index in [0.29, 0.717) is 43.1 Å². The minimum absolute atomic E-state index is 0.0336. The molecule has 0 aliphatic heterocycles. The maximum Gasteiger partial charge on any atom is 0.268 e. The summed E-state index contributed by atoms with van der Waals surface area (Å²) in [4.78, 5) is 37.7. The van der Waals surface area contributed by atoms with Crippen LogP contribution in [0, 0.1) is 11.8 Å². The highest BCUT2D eigenvalue weighted by atomic mass is 31.2. The number of hydrogen-bond donors (Lipinski definition) is 3. The van der Waals surface area contributed by atoms with Gasteiger partial charge in [-0.1, -0.05) is 113 Å². The number of unbranched alkanes of at least 4 members (excludes halogenated alkanes) is 9. The van der Waals surface area contributed by atoms with Gasteiger partial charge in [-0.3, -0.25) is 14.2 Å².